The highest BCUT2D eigenvalue weighted by atomic mass is 16.5. The SMILES string of the molecule is CC(C)(C)OCCN1CCCC(C(=N)N)C1. The Morgan fingerprint density at radius 3 is 2.75 bits per heavy atom. The Hall–Kier alpha value is -0.610. The number of nitrogens with zero attached hydrogens (tertiary/aromatic N) is 1. The number of nitrogens with two attached hydrogens (primary N) is 1. The van der Waals surface area contributed by atoms with E-state index in [9.17, 15) is 0 Å². The number of hydrogen-bond donors (Lipinski definition) is 2. The van der Waals surface area contributed by atoms with Crippen molar-refractivity contribution in [3.8, 4) is 0 Å². The molecule has 4 nitrogen and oxygen atoms in total. The highest BCUT2D eigenvalue weighted by Gasteiger charge is 2.22. The summed E-state index contributed by atoms with van der Waals surface area (Å²) in [4.78, 5) is 2.35. The average molecular weight is 227 g/mol. The molecule has 0 aromatic carbocycles. The second-order valence-corrected chi connectivity index (χ2v) is 5.56. The van der Waals surface area contributed by atoms with Crippen LogP contribution in [0.3, 0.4) is 0 Å². The quantitative estimate of drug-likeness (QED) is 0.564. The van der Waals surface area contributed by atoms with Crippen molar-refractivity contribution in [2.45, 2.75) is 39.2 Å². The molecule has 94 valence electrons. The minimum atomic E-state index is -0.0598. The maximum absolute atomic E-state index is 7.47. The van der Waals surface area contributed by atoms with E-state index in [1.165, 1.54) is 0 Å². The lowest BCUT2D eigenvalue weighted by Gasteiger charge is -2.32. The second-order valence-electron chi connectivity index (χ2n) is 5.56. The third-order valence-electron chi connectivity index (χ3n) is 2.89. The van der Waals surface area contributed by atoms with Gasteiger partial charge in [-0.3, -0.25) is 5.41 Å². The predicted octanol–water partition coefficient (Wildman–Crippen LogP) is 1.45. The molecule has 1 fully saturated rings. The summed E-state index contributed by atoms with van der Waals surface area (Å²) in [7, 11) is 0. The fraction of sp³-hybridized carbons (Fsp3) is 0.917. The number of nitrogens with one attached hydrogen (secondary N) is 1. The van der Waals surface area contributed by atoms with Gasteiger partial charge in [0.25, 0.3) is 0 Å². The van der Waals surface area contributed by atoms with Crippen molar-refractivity contribution in [1.29, 1.82) is 5.41 Å². The summed E-state index contributed by atoms with van der Waals surface area (Å²) in [6.45, 7) is 9.94. The first-order chi connectivity index (χ1) is 7.38. The van der Waals surface area contributed by atoms with Gasteiger partial charge in [0.05, 0.1) is 18.0 Å². The van der Waals surface area contributed by atoms with Gasteiger partial charge in [-0.2, -0.15) is 0 Å². The van der Waals surface area contributed by atoms with Crippen LogP contribution in [0, 0.1) is 11.3 Å². The summed E-state index contributed by atoms with van der Waals surface area (Å²) in [6, 6.07) is 0. The van der Waals surface area contributed by atoms with Crippen molar-refractivity contribution in [2.24, 2.45) is 11.7 Å². The van der Waals surface area contributed by atoms with E-state index >= 15 is 0 Å². The summed E-state index contributed by atoms with van der Waals surface area (Å²) in [5, 5.41) is 7.47. The van der Waals surface area contributed by atoms with Crippen molar-refractivity contribution >= 4 is 5.84 Å². The maximum atomic E-state index is 7.47. The van der Waals surface area contributed by atoms with Crippen LogP contribution in [0.5, 0.6) is 0 Å². The molecule has 4 heteroatoms. The molecule has 1 rings (SSSR count). The number of amidine groups is 1. The average Bonchev–Trinajstić information content (AvgIpc) is 2.16. The Balaban J connectivity index is 2.24. The van der Waals surface area contributed by atoms with Gasteiger partial charge in [0.2, 0.25) is 0 Å². The van der Waals surface area contributed by atoms with Crippen LogP contribution in [0.1, 0.15) is 33.6 Å². The molecule has 3 N–H and O–H groups in total. The zero-order valence-electron chi connectivity index (χ0n) is 10.8. The van der Waals surface area contributed by atoms with Gasteiger partial charge in [0.1, 0.15) is 0 Å². The topological polar surface area (TPSA) is 62.3 Å². The first-order valence-corrected chi connectivity index (χ1v) is 6.09. The highest BCUT2D eigenvalue weighted by molar-refractivity contribution is 5.79. The Labute approximate surface area is 98.6 Å². The summed E-state index contributed by atoms with van der Waals surface area (Å²) >= 11 is 0. The van der Waals surface area contributed by atoms with Crippen molar-refractivity contribution in [3.63, 3.8) is 0 Å². The lowest BCUT2D eigenvalue weighted by molar-refractivity contribution is -0.0157. The van der Waals surface area contributed by atoms with E-state index in [-0.39, 0.29) is 11.5 Å². The normalized spacial score (nSPS) is 23.3. The van der Waals surface area contributed by atoms with E-state index in [1.807, 2.05) is 0 Å². The Morgan fingerprint density at radius 2 is 2.19 bits per heavy atom. The van der Waals surface area contributed by atoms with Gasteiger partial charge in [0.15, 0.2) is 0 Å². The van der Waals surface area contributed by atoms with Crippen LogP contribution in [-0.2, 0) is 4.74 Å². The van der Waals surface area contributed by atoms with Gasteiger partial charge >= 0.3 is 0 Å². The number of ether oxygens (including phenoxy) is 1. The molecule has 0 saturated carbocycles. The molecule has 0 aromatic rings. The van der Waals surface area contributed by atoms with Gasteiger partial charge in [0, 0.05) is 19.0 Å². The Morgan fingerprint density at radius 1 is 1.50 bits per heavy atom. The molecule has 1 atom stereocenters. The standard InChI is InChI=1S/C12H25N3O/c1-12(2,3)16-8-7-15-6-4-5-10(9-15)11(13)14/h10H,4-9H2,1-3H3,(H3,13,14). The van der Waals surface area contributed by atoms with Crippen LogP contribution >= 0.6 is 0 Å². The van der Waals surface area contributed by atoms with Gasteiger partial charge < -0.3 is 15.4 Å². The number of piperidine rings is 1. The van der Waals surface area contributed by atoms with Crippen LogP contribution in [0.2, 0.25) is 0 Å². The van der Waals surface area contributed by atoms with Gasteiger partial charge in [-0.15, -0.1) is 0 Å². The fourth-order valence-electron chi connectivity index (χ4n) is 1.99. The summed E-state index contributed by atoms with van der Waals surface area (Å²) < 4.78 is 5.70. The van der Waals surface area contributed by atoms with Gasteiger partial charge in [-0.05, 0) is 40.2 Å². The summed E-state index contributed by atoms with van der Waals surface area (Å²) in [5.74, 6) is 0.588. The molecule has 0 bridgehead atoms. The van der Waals surface area contributed by atoms with E-state index < -0.39 is 0 Å². The zero-order chi connectivity index (χ0) is 12.2. The molecule has 16 heavy (non-hydrogen) atoms. The molecule has 1 aliphatic heterocycles. The molecule has 0 spiro atoms. The molecule has 1 aliphatic rings. The molecule has 0 radical (unpaired) electrons. The van der Waals surface area contributed by atoms with Crippen molar-refractivity contribution in [3.05, 3.63) is 0 Å². The second kappa shape index (κ2) is 5.64. The van der Waals surface area contributed by atoms with Gasteiger partial charge in [-0.25, -0.2) is 0 Å². The summed E-state index contributed by atoms with van der Waals surface area (Å²) in [6.07, 6.45) is 2.20. The number of hydrogen-bond acceptors (Lipinski definition) is 3. The molecule has 1 saturated heterocycles. The van der Waals surface area contributed by atoms with E-state index in [0.717, 1.165) is 39.1 Å². The first-order valence-electron chi connectivity index (χ1n) is 6.09. The number of rotatable bonds is 4. The third kappa shape index (κ3) is 4.94. The molecule has 0 aliphatic carbocycles. The predicted molar refractivity (Wildman–Crippen MR) is 66.8 cm³/mol. The smallest absolute Gasteiger partial charge is 0.0949 e. The van der Waals surface area contributed by atoms with E-state index in [0.29, 0.717) is 5.84 Å². The van der Waals surface area contributed by atoms with E-state index in [2.05, 4.69) is 25.7 Å². The van der Waals surface area contributed by atoms with Crippen molar-refractivity contribution in [2.75, 3.05) is 26.2 Å². The monoisotopic (exact) mass is 227 g/mol. The number of likely N-dealkylation sites (tertiary alicyclic amines) is 1. The van der Waals surface area contributed by atoms with Crippen LogP contribution < -0.4 is 5.73 Å². The molecule has 1 unspecified atom stereocenters. The summed E-state index contributed by atoms with van der Waals surface area (Å²) in [5.41, 5.74) is 5.49. The van der Waals surface area contributed by atoms with Crippen LogP contribution in [0.25, 0.3) is 0 Å². The zero-order valence-corrected chi connectivity index (χ0v) is 10.8. The molecule has 1 heterocycles. The molecular weight excluding hydrogens is 202 g/mol. The van der Waals surface area contributed by atoms with E-state index in [1.54, 1.807) is 0 Å². The maximum Gasteiger partial charge on any atom is 0.0949 e. The van der Waals surface area contributed by atoms with Crippen LogP contribution in [0.4, 0.5) is 0 Å². The lowest BCUT2D eigenvalue weighted by atomic mass is 9.97. The van der Waals surface area contributed by atoms with Crippen molar-refractivity contribution < 1.29 is 4.74 Å². The van der Waals surface area contributed by atoms with E-state index in [4.69, 9.17) is 15.9 Å². The Kier molecular flexibility index (Phi) is 4.74. The lowest BCUT2D eigenvalue weighted by Crippen LogP contribution is -2.42. The first kappa shape index (κ1) is 13.5. The van der Waals surface area contributed by atoms with Crippen molar-refractivity contribution in [1.82, 2.24) is 4.90 Å². The minimum Gasteiger partial charge on any atom is -0.387 e. The fourth-order valence-corrected chi connectivity index (χ4v) is 1.99. The van der Waals surface area contributed by atoms with Crippen LogP contribution in [0.15, 0.2) is 0 Å². The van der Waals surface area contributed by atoms with Crippen LogP contribution in [-0.4, -0.2) is 42.6 Å². The molecule has 0 amide bonds. The Bertz CT molecular complexity index is 235. The van der Waals surface area contributed by atoms with Gasteiger partial charge in [-0.1, -0.05) is 0 Å². The minimum absolute atomic E-state index is 0.0598. The molecular formula is C12H25N3O. The third-order valence-corrected chi connectivity index (χ3v) is 2.89. The largest absolute Gasteiger partial charge is 0.387 e. The highest BCUT2D eigenvalue weighted by Crippen LogP contribution is 2.16. The molecule has 0 aromatic heterocycles.